The average Bonchev–Trinajstić information content (AvgIpc) is 2.48. The zero-order valence-electron chi connectivity index (χ0n) is 10.7. The first-order valence-electron chi connectivity index (χ1n) is 6.03. The molecule has 0 spiro atoms. The topological polar surface area (TPSA) is 52.9 Å². The molecule has 0 bridgehead atoms. The molecule has 0 unspecified atom stereocenters. The van der Waals surface area contributed by atoms with Crippen molar-refractivity contribution in [2.45, 2.75) is 6.42 Å². The van der Waals surface area contributed by atoms with E-state index in [1.165, 1.54) is 0 Å². The summed E-state index contributed by atoms with van der Waals surface area (Å²) in [4.78, 5) is 12.2. The number of hydrogen-bond acceptors (Lipinski definition) is 3. The maximum Gasteiger partial charge on any atom is 0.169 e. The summed E-state index contributed by atoms with van der Waals surface area (Å²) in [6.45, 7) is 0. The number of ketones is 1. The van der Waals surface area contributed by atoms with Crippen LogP contribution in [0.15, 0.2) is 48.5 Å². The van der Waals surface area contributed by atoms with Crippen LogP contribution in [0, 0.1) is 11.3 Å². The number of carbonyl (C=O) groups excluding carboxylic acids is 1. The van der Waals surface area contributed by atoms with Crippen LogP contribution >= 0.6 is 0 Å². The van der Waals surface area contributed by atoms with Gasteiger partial charge in [-0.05, 0) is 29.8 Å². The van der Waals surface area contributed by atoms with Crippen molar-refractivity contribution in [3.63, 3.8) is 0 Å². The van der Waals surface area contributed by atoms with Gasteiger partial charge in [-0.3, -0.25) is 4.79 Å². The van der Waals surface area contributed by atoms with Gasteiger partial charge >= 0.3 is 0 Å². The first-order valence-corrected chi connectivity index (χ1v) is 6.03. The van der Waals surface area contributed by atoms with Crippen LogP contribution in [-0.4, -0.2) is 12.8 Å². The van der Waals surface area contributed by atoms with Gasteiger partial charge in [-0.2, -0.15) is 5.26 Å². The molecule has 94 valence electrons. The van der Waals surface area contributed by atoms with E-state index < -0.39 is 0 Å². The number of Topliss-reactive ketones (excluding diaryl/α,β-unsaturated/α-hetero) is 1. The van der Waals surface area contributed by atoms with Gasteiger partial charge in [-0.15, -0.1) is 0 Å². The Labute approximate surface area is 112 Å². The molecule has 1 N–H and O–H groups in total. The highest BCUT2D eigenvalue weighted by atomic mass is 16.1. The van der Waals surface area contributed by atoms with Crippen molar-refractivity contribution in [1.29, 1.82) is 5.26 Å². The molecule has 19 heavy (non-hydrogen) atoms. The minimum absolute atomic E-state index is 0.0645. The molecule has 0 aliphatic rings. The van der Waals surface area contributed by atoms with Gasteiger partial charge in [0.15, 0.2) is 5.78 Å². The van der Waals surface area contributed by atoms with E-state index in [4.69, 9.17) is 5.26 Å². The predicted octanol–water partition coefficient (Wildman–Crippen LogP) is 3.03. The predicted molar refractivity (Wildman–Crippen MR) is 75.2 cm³/mol. The van der Waals surface area contributed by atoms with Gasteiger partial charge in [0.05, 0.1) is 11.6 Å². The van der Waals surface area contributed by atoms with Crippen LogP contribution in [0.25, 0.3) is 0 Å². The Bertz CT molecular complexity index is 624. The second-order valence-electron chi connectivity index (χ2n) is 4.20. The van der Waals surface area contributed by atoms with Crippen molar-refractivity contribution in [2.75, 3.05) is 12.4 Å². The van der Waals surface area contributed by atoms with Crippen molar-refractivity contribution < 1.29 is 4.79 Å². The highest BCUT2D eigenvalue weighted by Gasteiger charge is 2.10. The monoisotopic (exact) mass is 250 g/mol. The molecule has 2 aromatic rings. The van der Waals surface area contributed by atoms with Crippen molar-refractivity contribution in [3.8, 4) is 6.07 Å². The Morgan fingerprint density at radius 1 is 1.16 bits per heavy atom. The number of anilines is 1. The van der Waals surface area contributed by atoms with E-state index in [0.717, 1.165) is 11.3 Å². The molecular formula is C16H14N2O. The average molecular weight is 250 g/mol. The lowest BCUT2D eigenvalue weighted by molar-refractivity contribution is 0.0994. The van der Waals surface area contributed by atoms with E-state index in [1.54, 1.807) is 19.2 Å². The first-order chi connectivity index (χ1) is 9.24. The highest BCUT2D eigenvalue weighted by Crippen LogP contribution is 2.17. The van der Waals surface area contributed by atoms with Crippen molar-refractivity contribution in [1.82, 2.24) is 0 Å². The van der Waals surface area contributed by atoms with Crippen LogP contribution in [0.3, 0.4) is 0 Å². The minimum atomic E-state index is 0.0645. The summed E-state index contributed by atoms with van der Waals surface area (Å²) in [5.41, 5.74) is 3.04. The molecule has 0 saturated heterocycles. The van der Waals surface area contributed by atoms with Gasteiger partial charge in [0, 0.05) is 24.7 Å². The van der Waals surface area contributed by atoms with Gasteiger partial charge in [0.25, 0.3) is 0 Å². The molecule has 0 aliphatic carbocycles. The molecule has 0 fully saturated rings. The van der Waals surface area contributed by atoms with E-state index in [0.29, 0.717) is 17.5 Å². The van der Waals surface area contributed by atoms with Crippen LogP contribution in [0.5, 0.6) is 0 Å². The largest absolute Gasteiger partial charge is 0.388 e. The zero-order valence-corrected chi connectivity index (χ0v) is 10.7. The molecule has 0 aliphatic heterocycles. The Hall–Kier alpha value is -2.60. The molecule has 0 atom stereocenters. The van der Waals surface area contributed by atoms with Gasteiger partial charge in [0.2, 0.25) is 0 Å². The molecular weight excluding hydrogens is 236 g/mol. The number of nitriles is 1. The number of rotatable bonds is 4. The van der Waals surface area contributed by atoms with Crippen molar-refractivity contribution >= 4 is 11.5 Å². The van der Waals surface area contributed by atoms with Crippen LogP contribution in [0.1, 0.15) is 21.5 Å². The maximum atomic E-state index is 12.2. The Morgan fingerprint density at radius 3 is 2.47 bits per heavy atom. The fourth-order valence-corrected chi connectivity index (χ4v) is 1.92. The van der Waals surface area contributed by atoms with Crippen LogP contribution in [0.4, 0.5) is 5.69 Å². The highest BCUT2D eigenvalue weighted by molar-refractivity contribution is 6.02. The van der Waals surface area contributed by atoms with E-state index in [9.17, 15) is 4.79 Å². The van der Waals surface area contributed by atoms with Crippen LogP contribution < -0.4 is 5.32 Å². The molecule has 2 aromatic carbocycles. The van der Waals surface area contributed by atoms with Gasteiger partial charge in [-0.1, -0.05) is 24.3 Å². The summed E-state index contributed by atoms with van der Waals surface area (Å²) in [6.07, 6.45) is 0.338. The maximum absolute atomic E-state index is 12.2. The summed E-state index contributed by atoms with van der Waals surface area (Å²) < 4.78 is 0. The molecule has 3 heteroatoms. The number of para-hydroxylation sites is 1. The molecule has 0 saturated carbocycles. The van der Waals surface area contributed by atoms with Crippen LogP contribution in [0.2, 0.25) is 0 Å². The van der Waals surface area contributed by atoms with Gasteiger partial charge in [-0.25, -0.2) is 0 Å². The third-order valence-corrected chi connectivity index (χ3v) is 2.94. The summed E-state index contributed by atoms with van der Waals surface area (Å²) in [5, 5.41) is 11.7. The molecule has 0 heterocycles. The fourth-order valence-electron chi connectivity index (χ4n) is 1.92. The lowest BCUT2D eigenvalue weighted by atomic mass is 10.0. The number of benzene rings is 2. The Kier molecular flexibility index (Phi) is 3.94. The molecule has 0 amide bonds. The third-order valence-electron chi connectivity index (χ3n) is 2.94. The quantitative estimate of drug-likeness (QED) is 0.848. The summed E-state index contributed by atoms with van der Waals surface area (Å²) in [5.74, 6) is 0.0645. The van der Waals surface area contributed by atoms with E-state index in [-0.39, 0.29) is 5.78 Å². The van der Waals surface area contributed by atoms with Gasteiger partial charge < -0.3 is 5.32 Å². The summed E-state index contributed by atoms with van der Waals surface area (Å²) in [7, 11) is 1.80. The lowest BCUT2D eigenvalue weighted by Gasteiger charge is -2.07. The Balaban J connectivity index is 2.18. The number of carbonyl (C=O) groups is 1. The molecule has 0 radical (unpaired) electrons. The molecule has 0 aromatic heterocycles. The second kappa shape index (κ2) is 5.83. The normalized spacial score (nSPS) is 9.68. The fraction of sp³-hybridized carbons (Fsp3) is 0.125. The molecule has 3 nitrogen and oxygen atoms in total. The Morgan fingerprint density at radius 2 is 1.84 bits per heavy atom. The number of nitrogens with one attached hydrogen (secondary N) is 1. The number of hydrogen-bond donors (Lipinski definition) is 1. The SMILES string of the molecule is CNc1ccccc1C(=O)Cc1ccc(C#N)cc1. The van der Waals surface area contributed by atoms with E-state index in [2.05, 4.69) is 11.4 Å². The van der Waals surface area contributed by atoms with Crippen molar-refractivity contribution in [3.05, 3.63) is 65.2 Å². The van der Waals surface area contributed by atoms with Crippen molar-refractivity contribution in [2.24, 2.45) is 0 Å². The number of nitrogens with zero attached hydrogens (tertiary/aromatic N) is 1. The van der Waals surface area contributed by atoms with Crippen LogP contribution in [-0.2, 0) is 6.42 Å². The second-order valence-corrected chi connectivity index (χ2v) is 4.20. The third kappa shape index (κ3) is 2.99. The minimum Gasteiger partial charge on any atom is -0.388 e. The standard InChI is InChI=1S/C16H14N2O/c1-18-15-5-3-2-4-14(15)16(19)10-12-6-8-13(11-17)9-7-12/h2-9,18H,10H2,1H3. The summed E-state index contributed by atoms with van der Waals surface area (Å²) in [6, 6.07) is 16.6. The zero-order chi connectivity index (χ0) is 13.7. The van der Waals surface area contributed by atoms with E-state index in [1.807, 2.05) is 36.4 Å². The van der Waals surface area contributed by atoms with Gasteiger partial charge in [0.1, 0.15) is 0 Å². The lowest BCUT2D eigenvalue weighted by Crippen LogP contribution is -2.06. The smallest absolute Gasteiger partial charge is 0.169 e. The van der Waals surface area contributed by atoms with E-state index >= 15 is 0 Å². The summed E-state index contributed by atoms with van der Waals surface area (Å²) >= 11 is 0. The first kappa shape index (κ1) is 12.8. The molecule has 2 rings (SSSR count).